The first-order valence-corrected chi connectivity index (χ1v) is 11.2. The second-order valence-electron chi connectivity index (χ2n) is 8.18. The number of aryl methyl sites for hydroxylation is 1. The Labute approximate surface area is 191 Å². The fraction of sp³-hybridized carbons (Fsp3) is 0.333. The fourth-order valence-electron chi connectivity index (χ4n) is 2.96. The number of halogens is 1. The van der Waals surface area contributed by atoms with Gasteiger partial charge in [0.15, 0.2) is 11.0 Å². The number of carbonyl (C=O) groups excluding carboxylic acids is 1. The smallest absolute Gasteiger partial charge is 0.234 e. The summed E-state index contributed by atoms with van der Waals surface area (Å²) in [7, 11) is 0. The molecule has 32 heavy (non-hydrogen) atoms. The lowest BCUT2D eigenvalue weighted by Gasteiger charge is -2.28. The van der Waals surface area contributed by atoms with E-state index in [0.717, 1.165) is 11.3 Å². The SMILES string of the molecule is Cc1ccc(-n2c(SC(C)C(=O)NC(C)(C#N)C(C)C)nnc2-c2ccccc2F)cc1. The van der Waals surface area contributed by atoms with Crippen molar-refractivity contribution in [2.75, 3.05) is 0 Å². The first-order chi connectivity index (χ1) is 15.2. The van der Waals surface area contributed by atoms with Gasteiger partial charge in [0.25, 0.3) is 0 Å². The molecule has 0 aliphatic heterocycles. The van der Waals surface area contributed by atoms with E-state index in [9.17, 15) is 14.4 Å². The van der Waals surface area contributed by atoms with Crippen LogP contribution in [0.2, 0.25) is 0 Å². The third-order valence-electron chi connectivity index (χ3n) is 5.46. The molecule has 1 N–H and O–H groups in total. The Morgan fingerprint density at radius 3 is 2.41 bits per heavy atom. The molecule has 2 aromatic carbocycles. The number of thioether (sulfide) groups is 1. The number of rotatable bonds is 7. The zero-order valence-corrected chi connectivity index (χ0v) is 19.6. The van der Waals surface area contributed by atoms with Crippen molar-refractivity contribution in [2.24, 2.45) is 5.92 Å². The van der Waals surface area contributed by atoms with Gasteiger partial charge in [0.2, 0.25) is 5.91 Å². The number of nitrogens with one attached hydrogen (secondary N) is 1. The zero-order valence-electron chi connectivity index (χ0n) is 18.8. The van der Waals surface area contributed by atoms with Crippen LogP contribution >= 0.6 is 11.8 Å². The first-order valence-electron chi connectivity index (χ1n) is 10.3. The molecule has 1 aromatic heterocycles. The van der Waals surface area contributed by atoms with E-state index >= 15 is 0 Å². The van der Waals surface area contributed by atoms with Gasteiger partial charge >= 0.3 is 0 Å². The van der Waals surface area contributed by atoms with E-state index in [-0.39, 0.29) is 11.8 Å². The van der Waals surface area contributed by atoms with Gasteiger partial charge in [-0.15, -0.1) is 10.2 Å². The lowest BCUT2D eigenvalue weighted by molar-refractivity contribution is -0.121. The van der Waals surface area contributed by atoms with Gasteiger partial charge in [-0.25, -0.2) is 4.39 Å². The quantitative estimate of drug-likeness (QED) is 0.516. The van der Waals surface area contributed by atoms with Crippen LogP contribution in [0.1, 0.15) is 33.3 Å². The minimum Gasteiger partial charge on any atom is -0.337 e. The molecule has 0 saturated carbocycles. The van der Waals surface area contributed by atoms with Crippen LogP contribution in [0.25, 0.3) is 17.1 Å². The molecule has 0 aliphatic carbocycles. The number of aromatic nitrogens is 3. The maximum Gasteiger partial charge on any atom is 0.234 e. The monoisotopic (exact) mass is 451 g/mol. The Balaban J connectivity index is 1.98. The first kappa shape index (κ1) is 23.5. The molecule has 0 saturated heterocycles. The minimum absolute atomic E-state index is 0.0579. The summed E-state index contributed by atoms with van der Waals surface area (Å²) in [5.74, 6) is -0.389. The number of nitriles is 1. The van der Waals surface area contributed by atoms with E-state index in [4.69, 9.17) is 0 Å². The highest BCUT2D eigenvalue weighted by molar-refractivity contribution is 8.00. The van der Waals surface area contributed by atoms with E-state index in [1.165, 1.54) is 17.8 Å². The van der Waals surface area contributed by atoms with Crippen molar-refractivity contribution in [3.05, 3.63) is 59.9 Å². The van der Waals surface area contributed by atoms with Crippen LogP contribution in [0.5, 0.6) is 0 Å². The molecule has 0 bridgehead atoms. The summed E-state index contributed by atoms with van der Waals surface area (Å²) in [6.45, 7) is 9.20. The van der Waals surface area contributed by atoms with Crippen LogP contribution in [0.15, 0.2) is 53.7 Å². The Morgan fingerprint density at radius 2 is 1.81 bits per heavy atom. The van der Waals surface area contributed by atoms with Crippen molar-refractivity contribution in [2.45, 2.75) is 50.6 Å². The maximum absolute atomic E-state index is 14.6. The summed E-state index contributed by atoms with van der Waals surface area (Å²) in [5, 5.41) is 20.8. The third kappa shape index (κ3) is 4.83. The fourth-order valence-corrected chi connectivity index (χ4v) is 3.83. The lowest BCUT2D eigenvalue weighted by atomic mass is 9.90. The average Bonchev–Trinajstić information content (AvgIpc) is 3.17. The molecule has 6 nitrogen and oxygen atoms in total. The largest absolute Gasteiger partial charge is 0.337 e. The van der Waals surface area contributed by atoms with E-state index in [1.54, 1.807) is 36.6 Å². The summed E-state index contributed by atoms with van der Waals surface area (Å²) in [5.41, 5.74) is 1.19. The van der Waals surface area contributed by atoms with Gasteiger partial charge in [-0.2, -0.15) is 5.26 Å². The molecule has 8 heteroatoms. The van der Waals surface area contributed by atoms with E-state index in [0.29, 0.717) is 16.5 Å². The van der Waals surface area contributed by atoms with Crippen molar-refractivity contribution in [1.29, 1.82) is 5.26 Å². The molecule has 1 heterocycles. The highest BCUT2D eigenvalue weighted by atomic mass is 32.2. The molecule has 0 aliphatic rings. The van der Waals surface area contributed by atoms with Gasteiger partial charge in [0.1, 0.15) is 11.4 Å². The van der Waals surface area contributed by atoms with E-state index in [1.807, 2.05) is 45.0 Å². The Morgan fingerprint density at radius 1 is 1.16 bits per heavy atom. The number of nitrogens with zero attached hydrogens (tertiary/aromatic N) is 4. The second kappa shape index (κ2) is 9.53. The van der Waals surface area contributed by atoms with Crippen LogP contribution in [-0.4, -0.2) is 31.5 Å². The van der Waals surface area contributed by atoms with Crippen LogP contribution in [0.3, 0.4) is 0 Å². The molecule has 0 fully saturated rings. The number of hydrogen-bond acceptors (Lipinski definition) is 5. The zero-order chi connectivity index (χ0) is 23.5. The Kier molecular flexibility index (Phi) is 6.99. The molecule has 2 atom stereocenters. The molecule has 1 amide bonds. The number of hydrogen-bond donors (Lipinski definition) is 1. The number of carbonyl (C=O) groups is 1. The predicted molar refractivity (Wildman–Crippen MR) is 124 cm³/mol. The van der Waals surface area contributed by atoms with Gasteiger partial charge in [0, 0.05) is 5.69 Å². The number of amides is 1. The molecule has 2 unspecified atom stereocenters. The van der Waals surface area contributed by atoms with Crippen molar-refractivity contribution < 1.29 is 9.18 Å². The highest BCUT2D eigenvalue weighted by Crippen LogP contribution is 2.31. The molecule has 166 valence electrons. The summed E-state index contributed by atoms with van der Waals surface area (Å²) < 4.78 is 16.3. The van der Waals surface area contributed by atoms with Crippen LogP contribution < -0.4 is 5.32 Å². The van der Waals surface area contributed by atoms with Gasteiger partial charge in [-0.05, 0) is 51.0 Å². The minimum atomic E-state index is -0.977. The molecule has 0 spiro atoms. The van der Waals surface area contributed by atoms with Gasteiger partial charge in [-0.3, -0.25) is 9.36 Å². The van der Waals surface area contributed by atoms with Crippen molar-refractivity contribution >= 4 is 17.7 Å². The normalized spacial score (nSPS) is 13.9. The van der Waals surface area contributed by atoms with Gasteiger partial charge in [0.05, 0.1) is 16.9 Å². The molecular weight excluding hydrogens is 425 g/mol. The summed E-state index contributed by atoms with van der Waals surface area (Å²) in [6.07, 6.45) is 0. The average molecular weight is 452 g/mol. The Hall–Kier alpha value is -3.18. The van der Waals surface area contributed by atoms with Gasteiger partial charge in [-0.1, -0.05) is 55.4 Å². The summed E-state index contributed by atoms with van der Waals surface area (Å²) in [4.78, 5) is 12.8. The van der Waals surface area contributed by atoms with E-state index < -0.39 is 16.6 Å². The summed E-state index contributed by atoms with van der Waals surface area (Å²) >= 11 is 1.21. The van der Waals surface area contributed by atoms with Crippen LogP contribution in [-0.2, 0) is 4.79 Å². The topological polar surface area (TPSA) is 83.6 Å². The number of benzene rings is 2. The predicted octanol–water partition coefficient (Wildman–Crippen LogP) is 4.92. The van der Waals surface area contributed by atoms with Crippen molar-refractivity contribution in [1.82, 2.24) is 20.1 Å². The van der Waals surface area contributed by atoms with Gasteiger partial charge < -0.3 is 5.32 Å². The summed E-state index contributed by atoms with van der Waals surface area (Å²) in [6, 6.07) is 16.3. The maximum atomic E-state index is 14.6. The Bertz CT molecular complexity index is 1150. The van der Waals surface area contributed by atoms with Crippen LogP contribution in [0, 0.1) is 30.0 Å². The molecular formula is C24H26FN5OS. The molecule has 3 rings (SSSR count). The standard InChI is InChI=1S/C24H26FN5OS/c1-15(2)24(5,14-26)27-22(31)17(4)32-23-29-28-21(19-8-6-7-9-20(19)25)30(23)18-12-10-16(3)11-13-18/h6-13,15,17H,1-5H3,(H,27,31). The second-order valence-corrected chi connectivity index (χ2v) is 9.48. The highest BCUT2D eigenvalue weighted by Gasteiger charge is 2.32. The van der Waals surface area contributed by atoms with Crippen LogP contribution in [0.4, 0.5) is 4.39 Å². The van der Waals surface area contributed by atoms with Crippen molar-refractivity contribution in [3.63, 3.8) is 0 Å². The third-order valence-corrected chi connectivity index (χ3v) is 6.50. The van der Waals surface area contributed by atoms with E-state index in [2.05, 4.69) is 21.6 Å². The van der Waals surface area contributed by atoms with Crippen molar-refractivity contribution in [3.8, 4) is 23.1 Å². The molecule has 3 aromatic rings. The lowest BCUT2D eigenvalue weighted by Crippen LogP contribution is -2.51. The molecule has 0 radical (unpaired) electrons.